The van der Waals surface area contributed by atoms with Gasteiger partial charge in [-0.25, -0.2) is 9.90 Å². The summed E-state index contributed by atoms with van der Waals surface area (Å²) in [7, 11) is 0. The Bertz CT molecular complexity index is 135. The number of carbonyl (C=O) groups excluding carboxylic acids is 1. The quantitative estimate of drug-likeness (QED) is 0.482. The zero-order valence-corrected chi connectivity index (χ0v) is 3.45. The van der Waals surface area contributed by atoms with Gasteiger partial charge in [0, 0.05) is 0 Å². The van der Waals surface area contributed by atoms with Crippen LogP contribution in [0.3, 0.4) is 0 Å². The topological polar surface area (TPSA) is 37.0 Å². The summed E-state index contributed by atoms with van der Waals surface area (Å²) in [6.45, 7) is 0. The predicted octanol–water partition coefficient (Wildman–Crippen LogP) is 1.02. The minimum Gasteiger partial charge on any atom is -0.239 e. The average molecular weight is 125 g/mol. The molecule has 0 fully saturated rings. The van der Waals surface area contributed by atoms with Crippen LogP contribution >= 0.6 is 0 Å². The van der Waals surface area contributed by atoms with Crippen LogP contribution in [0, 0.1) is 0 Å². The van der Waals surface area contributed by atoms with Crippen molar-refractivity contribution in [3.05, 3.63) is 11.9 Å². The van der Waals surface area contributed by atoms with Crippen molar-refractivity contribution in [1.82, 2.24) is 0 Å². The van der Waals surface area contributed by atoms with Crippen molar-refractivity contribution < 1.29 is 23.1 Å². The molecule has 0 unspecified atom stereocenters. The molecule has 2 nitrogen and oxygen atoms in total. The average Bonchev–Trinajstić information content (AvgIpc) is 1.64. The molecular weight excluding hydrogens is 125 g/mol. The minimum absolute atomic E-state index is 2.50. The minimum atomic E-state index is -2.87. The van der Waals surface area contributed by atoms with E-state index >= 15 is 0 Å². The van der Waals surface area contributed by atoms with Crippen molar-refractivity contribution in [2.75, 3.05) is 0 Å². The number of halogens is 3. The summed E-state index contributed by atoms with van der Waals surface area (Å²) in [6.07, 6.45) is -2.87. The standard InChI is InChI=1S/C3F3O2/c4-1(2(5)6)3(7)8. The predicted molar refractivity (Wildman–Crippen MR) is 16.0 cm³/mol. The van der Waals surface area contributed by atoms with Crippen LogP contribution < -0.4 is 0 Å². The molecule has 0 aromatic rings. The third-order valence-corrected chi connectivity index (χ3v) is 0.345. The lowest BCUT2D eigenvalue weighted by Crippen LogP contribution is -1.92. The molecule has 45 valence electrons. The molecule has 0 aliphatic heterocycles. The molecule has 0 heterocycles. The maximum Gasteiger partial charge on any atom is 0.420 e. The molecule has 0 saturated carbocycles. The fourth-order valence-electron chi connectivity index (χ4n) is 0.0772. The molecule has 1 radical (unpaired) electrons. The van der Waals surface area contributed by atoms with E-state index in [1.807, 2.05) is 0 Å². The van der Waals surface area contributed by atoms with Crippen molar-refractivity contribution in [2.45, 2.75) is 0 Å². The first-order valence-electron chi connectivity index (χ1n) is 1.48. The van der Waals surface area contributed by atoms with Crippen molar-refractivity contribution in [3.8, 4) is 0 Å². The Labute approximate surface area is 42.2 Å². The third-order valence-electron chi connectivity index (χ3n) is 0.345. The van der Waals surface area contributed by atoms with E-state index in [1.165, 1.54) is 0 Å². The van der Waals surface area contributed by atoms with Gasteiger partial charge in [-0.15, -0.1) is 0 Å². The van der Waals surface area contributed by atoms with Crippen LogP contribution in [-0.4, -0.2) is 5.97 Å². The smallest absolute Gasteiger partial charge is 0.239 e. The Morgan fingerprint density at radius 1 is 1.12 bits per heavy atom. The Kier molecular flexibility index (Phi) is 2.05. The molecule has 5 heteroatoms. The van der Waals surface area contributed by atoms with Gasteiger partial charge in [0.15, 0.2) is 0 Å². The zero-order valence-electron chi connectivity index (χ0n) is 3.45. The van der Waals surface area contributed by atoms with E-state index in [0.29, 0.717) is 0 Å². The lowest BCUT2D eigenvalue weighted by molar-refractivity contribution is -0.140. The lowest BCUT2D eigenvalue weighted by Gasteiger charge is -1.77. The van der Waals surface area contributed by atoms with Crippen LogP contribution in [0.5, 0.6) is 0 Å². The van der Waals surface area contributed by atoms with Gasteiger partial charge >= 0.3 is 12.0 Å². The summed E-state index contributed by atoms with van der Waals surface area (Å²) < 4.78 is 32.6. The van der Waals surface area contributed by atoms with Gasteiger partial charge in [0.25, 0.3) is 5.83 Å². The second-order valence-corrected chi connectivity index (χ2v) is 0.862. The highest BCUT2D eigenvalue weighted by molar-refractivity contribution is 5.83. The summed E-state index contributed by atoms with van der Waals surface area (Å²) in [4.78, 5) is 9.12. The first-order valence-corrected chi connectivity index (χ1v) is 1.48. The first-order chi connectivity index (χ1) is 3.55. The van der Waals surface area contributed by atoms with E-state index in [0.717, 1.165) is 0 Å². The molecular formula is C3F3O2. The molecule has 0 atom stereocenters. The Hall–Kier alpha value is -1.00. The summed E-state index contributed by atoms with van der Waals surface area (Å²) >= 11 is 0. The fourth-order valence-corrected chi connectivity index (χ4v) is 0.0772. The van der Waals surface area contributed by atoms with Crippen molar-refractivity contribution >= 4 is 5.97 Å². The van der Waals surface area contributed by atoms with Crippen LogP contribution in [0.2, 0.25) is 0 Å². The summed E-state index contributed by atoms with van der Waals surface area (Å²) in [5.41, 5.74) is 0. The molecule has 0 rings (SSSR count). The van der Waals surface area contributed by atoms with Crippen LogP contribution in [0.15, 0.2) is 11.9 Å². The van der Waals surface area contributed by atoms with E-state index in [9.17, 15) is 13.2 Å². The largest absolute Gasteiger partial charge is 0.420 e. The second kappa shape index (κ2) is 2.34. The van der Waals surface area contributed by atoms with Gasteiger partial charge in [-0.3, -0.25) is 0 Å². The van der Waals surface area contributed by atoms with Crippen molar-refractivity contribution in [1.29, 1.82) is 0 Å². The SMILES string of the molecule is [O]C(=O)C(F)=C(F)F. The maximum atomic E-state index is 11.1. The number of rotatable bonds is 1. The van der Waals surface area contributed by atoms with Gasteiger partial charge in [-0.05, 0) is 0 Å². The van der Waals surface area contributed by atoms with Crippen LogP contribution in [0.25, 0.3) is 0 Å². The normalized spacial score (nSPS) is 8.38. The monoisotopic (exact) mass is 125 g/mol. The number of hydrogen-bond acceptors (Lipinski definition) is 1. The van der Waals surface area contributed by atoms with Gasteiger partial charge in [-0.2, -0.15) is 13.2 Å². The second-order valence-electron chi connectivity index (χ2n) is 0.862. The zero-order chi connectivity index (χ0) is 6.73. The summed E-state index contributed by atoms with van der Waals surface area (Å²) in [5, 5.41) is 9.12. The van der Waals surface area contributed by atoms with Crippen molar-refractivity contribution in [2.24, 2.45) is 0 Å². The maximum absolute atomic E-state index is 11.1. The lowest BCUT2D eigenvalue weighted by atomic mass is 10.6. The highest BCUT2D eigenvalue weighted by atomic mass is 19.3. The van der Waals surface area contributed by atoms with E-state index in [-0.39, 0.29) is 0 Å². The van der Waals surface area contributed by atoms with Gasteiger partial charge in [-0.1, -0.05) is 0 Å². The third kappa shape index (κ3) is 1.63. The fraction of sp³-hybridized carbons (Fsp3) is 0. The Balaban J connectivity index is 4.23. The Morgan fingerprint density at radius 2 is 1.50 bits per heavy atom. The van der Waals surface area contributed by atoms with Crippen molar-refractivity contribution in [3.63, 3.8) is 0 Å². The highest BCUT2D eigenvalue weighted by Crippen LogP contribution is 2.07. The molecule has 0 amide bonds. The van der Waals surface area contributed by atoms with E-state index < -0.39 is 17.9 Å². The molecule has 8 heavy (non-hydrogen) atoms. The molecule has 0 aromatic carbocycles. The molecule has 0 bridgehead atoms. The molecule has 0 spiro atoms. The van der Waals surface area contributed by atoms with Gasteiger partial charge in [0.05, 0.1) is 0 Å². The summed E-state index contributed by atoms with van der Waals surface area (Å²) in [6, 6.07) is 0. The molecule has 0 aliphatic carbocycles. The number of hydrogen-bond donors (Lipinski definition) is 0. The summed E-state index contributed by atoms with van der Waals surface area (Å²) in [5.74, 6) is -5.00. The van der Waals surface area contributed by atoms with Gasteiger partial charge < -0.3 is 0 Å². The molecule has 0 saturated heterocycles. The van der Waals surface area contributed by atoms with Crippen LogP contribution in [0.1, 0.15) is 0 Å². The molecule has 0 N–H and O–H groups in total. The van der Waals surface area contributed by atoms with Crippen LogP contribution in [0.4, 0.5) is 13.2 Å². The highest BCUT2D eigenvalue weighted by Gasteiger charge is 2.14. The Morgan fingerprint density at radius 3 is 1.50 bits per heavy atom. The van der Waals surface area contributed by atoms with E-state index in [1.54, 1.807) is 0 Å². The molecule has 0 aliphatic rings. The van der Waals surface area contributed by atoms with Gasteiger partial charge in [0.1, 0.15) is 0 Å². The first kappa shape index (κ1) is 7.00. The van der Waals surface area contributed by atoms with E-state index in [2.05, 4.69) is 0 Å². The van der Waals surface area contributed by atoms with E-state index in [4.69, 9.17) is 9.90 Å². The van der Waals surface area contributed by atoms with Gasteiger partial charge in [0.2, 0.25) is 0 Å². The number of carbonyl (C=O) groups is 1. The van der Waals surface area contributed by atoms with Crippen LogP contribution in [-0.2, 0) is 9.90 Å². The molecule has 0 aromatic heterocycles.